The fraction of sp³-hybridized carbons (Fsp3) is 0.692. The van der Waals surface area contributed by atoms with Gasteiger partial charge >= 0.3 is 0 Å². The molecule has 0 spiro atoms. The molecule has 0 radical (unpaired) electrons. The Morgan fingerprint density at radius 2 is 2.12 bits per heavy atom. The first kappa shape index (κ1) is 12.6. The fourth-order valence-corrected chi connectivity index (χ4v) is 2.76. The molecule has 4 heteroatoms. The van der Waals surface area contributed by atoms with Gasteiger partial charge in [-0.1, -0.05) is 12.2 Å². The van der Waals surface area contributed by atoms with Gasteiger partial charge < -0.3 is 10.3 Å². The Balaban J connectivity index is 2.17. The van der Waals surface area contributed by atoms with Gasteiger partial charge in [0, 0.05) is 46.0 Å². The van der Waals surface area contributed by atoms with Crippen LogP contribution in [0.2, 0.25) is 0 Å². The van der Waals surface area contributed by atoms with E-state index in [1.54, 1.807) is 0 Å². The third kappa shape index (κ3) is 2.70. The summed E-state index contributed by atoms with van der Waals surface area (Å²) in [6.07, 6.45) is 5.66. The summed E-state index contributed by atoms with van der Waals surface area (Å²) in [7, 11) is 4.08. The molecule has 1 saturated heterocycles. The number of hydrazine groups is 1. The van der Waals surface area contributed by atoms with Crippen LogP contribution >= 0.6 is 0 Å². The van der Waals surface area contributed by atoms with Crippen molar-refractivity contribution in [3.8, 4) is 0 Å². The monoisotopic (exact) mass is 236 g/mol. The molecule has 0 amide bonds. The Hall–Kier alpha value is -0.840. The minimum atomic E-state index is 0.527. The summed E-state index contributed by atoms with van der Waals surface area (Å²) >= 11 is 0. The van der Waals surface area contributed by atoms with Crippen molar-refractivity contribution in [1.29, 1.82) is 0 Å². The Kier molecular flexibility index (Phi) is 4.20. The second kappa shape index (κ2) is 5.67. The topological polar surface area (TPSA) is 30.5 Å². The van der Waals surface area contributed by atoms with Gasteiger partial charge in [0.15, 0.2) is 0 Å². The zero-order valence-electron chi connectivity index (χ0n) is 11.2. The molecule has 2 N–H and O–H groups in total. The highest BCUT2D eigenvalue weighted by Crippen LogP contribution is 2.25. The molecular weight excluding hydrogens is 212 g/mol. The number of allylic oxidation sites excluding steroid dienone is 2. The van der Waals surface area contributed by atoms with Crippen LogP contribution in [0.25, 0.3) is 0 Å². The third-order valence-corrected chi connectivity index (χ3v) is 3.74. The maximum Gasteiger partial charge on any atom is 0.0549 e. The van der Waals surface area contributed by atoms with Crippen LogP contribution in [0, 0.1) is 0 Å². The van der Waals surface area contributed by atoms with Gasteiger partial charge in [-0.3, -0.25) is 4.90 Å². The van der Waals surface area contributed by atoms with Crippen LogP contribution in [0.5, 0.6) is 0 Å². The molecule has 17 heavy (non-hydrogen) atoms. The van der Waals surface area contributed by atoms with E-state index in [2.05, 4.69) is 46.8 Å². The molecule has 1 aliphatic carbocycles. The highest BCUT2D eigenvalue weighted by molar-refractivity contribution is 5.31. The van der Waals surface area contributed by atoms with Gasteiger partial charge in [-0.25, -0.2) is 5.43 Å². The van der Waals surface area contributed by atoms with Gasteiger partial charge in [-0.2, -0.15) is 0 Å². The molecule has 2 aliphatic rings. The standard InChI is InChI=1S/C13H24N4/c1-11-5-4-6-12(13(11)16(3)14-2)17-9-7-15-8-10-17/h4-5,12,14-15H,6-10H2,1-3H3. The summed E-state index contributed by atoms with van der Waals surface area (Å²) in [5, 5.41) is 5.58. The lowest BCUT2D eigenvalue weighted by molar-refractivity contribution is 0.156. The quantitative estimate of drug-likeness (QED) is 0.701. The van der Waals surface area contributed by atoms with Gasteiger partial charge in [0.05, 0.1) is 6.04 Å². The number of likely N-dealkylation sites (N-methyl/N-ethyl adjacent to an activating group) is 1. The van der Waals surface area contributed by atoms with E-state index in [0.717, 1.165) is 32.6 Å². The van der Waals surface area contributed by atoms with Gasteiger partial charge in [-0.05, 0) is 18.9 Å². The molecule has 1 fully saturated rings. The maximum absolute atomic E-state index is 3.42. The minimum Gasteiger partial charge on any atom is -0.314 e. The van der Waals surface area contributed by atoms with E-state index < -0.39 is 0 Å². The molecule has 1 unspecified atom stereocenters. The van der Waals surface area contributed by atoms with Gasteiger partial charge in [0.25, 0.3) is 0 Å². The normalized spacial score (nSPS) is 26.4. The van der Waals surface area contributed by atoms with Crippen LogP contribution in [0.4, 0.5) is 0 Å². The Labute approximate surface area is 104 Å². The zero-order valence-corrected chi connectivity index (χ0v) is 11.2. The van der Waals surface area contributed by atoms with Crippen molar-refractivity contribution < 1.29 is 0 Å². The minimum absolute atomic E-state index is 0.527. The maximum atomic E-state index is 3.42. The van der Waals surface area contributed by atoms with E-state index in [4.69, 9.17) is 0 Å². The Bertz CT molecular complexity index is 315. The number of rotatable bonds is 3. The predicted octanol–water partition coefficient (Wildman–Crippen LogP) is 0.560. The second-order valence-corrected chi connectivity index (χ2v) is 4.79. The van der Waals surface area contributed by atoms with E-state index in [1.807, 2.05) is 7.05 Å². The van der Waals surface area contributed by atoms with E-state index in [1.165, 1.54) is 11.3 Å². The lowest BCUT2D eigenvalue weighted by Gasteiger charge is -2.40. The lowest BCUT2D eigenvalue weighted by Crippen LogP contribution is -2.52. The molecule has 0 aromatic heterocycles. The van der Waals surface area contributed by atoms with E-state index in [-0.39, 0.29) is 0 Å². The highest BCUT2D eigenvalue weighted by Gasteiger charge is 2.27. The van der Waals surface area contributed by atoms with Crippen LogP contribution in [-0.4, -0.2) is 56.2 Å². The molecule has 1 heterocycles. The molecule has 2 rings (SSSR count). The van der Waals surface area contributed by atoms with Crippen LogP contribution in [0.1, 0.15) is 13.3 Å². The second-order valence-electron chi connectivity index (χ2n) is 4.79. The first-order valence-electron chi connectivity index (χ1n) is 6.47. The fourth-order valence-electron chi connectivity index (χ4n) is 2.76. The first-order chi connectivity index (χ1) is 8.24. The average Bonchev–Trinajstić information content (AvgIpc) is 2.38. The number of piperazine rings is 1. The van der Waals surface area contributed by atoms with Crippen molar-refractivity contribution in [3.05, 3.63) is 23.4 Å². The number of nitrogens with zero attached hydrogens (tertiary/aromatic N) is 2. The summed E-state index contributed by atoms with van der Waals surface area (Å²) in [5.74, 6) is 0. The Morgan fingerprint density at radius 3 is 2.76 bits per heavy atom. The van der Waals surface area contributed by atoms with Crippen molar-refractivity contribution in [1.82, 2.24) is 20.7 Å². The summed E-state index contributed by atoms with van der Waals surface area (Å²) < 4.78 is 0. The highest BCUT2D eigenvalue weighted by atomic mass is 15.5. The molecule has 96 valence electrons. The van der Waals surface area contributed by atoms with Crippen molar-refractivity contribution in [2.45, 2.75) is 19.4 Å². The summed E-state index contributed by atoms with van der Waals surface area (Å²) in [4.78, 5) is 2.59. The SMILES string of the molecule is CNN(C)C1=C(C)C=CCC1N1CCNCC1. The number of hydrogen-bond acceptors (Lipinski definition) is 4. The lowest BCUT2D eigenvalue weighted by atomic mass is 9.97. The molecule has 1 aliphatic heterocycles. The zero-order chi connectivity index (χ0) is 12.3. The van der Waals surface area contributed by atoms with Crippen LogP contribution in [-0.2, 0) is 0 Å². The summed E-state index contributed by atoms with van der Waals surface area (Å²) in [6.45, 7) is 6.71. The first-order valence-corrected chi connectivity index (χ1v) is 6.47. The average molecular weight is 236 g/mol. The van der Waals surface area contributed by atoms with Crippen LogP contribution in [0.15, 0.2) is 23.4 Å². The van der Waals surface area contributed by atoms with Gasteiger partial charge in [0.1, 0.15) is 0 Å². The van der Waals surface area contributed by atoms with Crippen molar-refractivity contribution in [3.63, 3.8) is 0 Å². The molecule has 4 nitrogen and oxygen atoms in total. The predicted molar refractivity (Wildman–Crippen MR) is 71.5 cm³/mol. The van der Waals surface area contributed by atoms with E-state index >= 15 is 0 Å². The van der Waals surface area contributed by atoms with Crippen LogP contribution < -0.4 is 10.7 Å². The molecule has 0 aromatic carbocycles. The summed E-state index contributed by atoms with van der Waals surface area (Å²) in [5.41, 5.74) is 6.02. The van der Waals surface area contributed by atoms with Crippen molar-refractivity contribution in [2.75, 3.05) is 40.3 Å². The Morgan fingerprint density at radius 1 is 1.41 bits per heavy atom. The van der Waals surface area contributed by atoms with Crippen molar-refractivity contribution in [2.24, 2.45) is 0 Å². The third-order valence-electron chi connectivity index (χ3n) is 3.74. The molecule has 0 saturated carbocycles. The molecule has 1 atom stereocenters. The molecular formula is C13H24N4. The van der Waals surface area contributed by atoms with Crippen molar-refractivity contribution >= 4 is 0 Å². The molecule has 0 bridgehead atoms. The smallest absolute Gasteiger partial charge is 0.0549 e. The van der Waals surface area contributed by atoms with E-state index in [9.17, 15) is 0 Å². The summed E-state index contributed by atoms with van der Waals surface area (Å²) in [6, 6.07) is 0.527. The van der Waals surface area contributed by atoms with Gasteiger partial charge in [-0.15, -0.1) is 0 Å². The van der Waals surface area contributed by atoms with Crippen LogP contribution in [0.3, 0.4) is 0 Å². The largest absolute Gasteiger partial charge is 0.314 e. The number of nitrogens with one attached hydrogen (secondary N) is 2. The number of hydrogen-bond donors (Lipinski definition) is 2. The molecule has 0 aromatic rings. The van der Waals surface area contributed by atoms with Gasteiger partial charge in [0.2, 0.25) is 0 Å². The van der Waals surface area contributed by atoms with E-state index in [0.29, 0.717) is 6.04 Å².